The number of hydrogen-bond donors (Lipinski definition) is 0. The molecule has 1 atom stereocenters. The van der Waals surface area contributed by atoms with Gasteiger partial charge in [-0.2, -0.15) is 4.31 Å². The van der Waals surface area contributed by atoms with Crippen LogP contribution in [0.1, 0.15) is 24.3 Å². The molecule has 0 spiro atoms. The third-order valence-electron chi connectivity index (χ3n) is 4.22. The van der Waals surface area contributed by atoms with Gasteiger partial charge in [0.2, 0.25) is 10.0 Å². The van der Waals surface area contributed by atoms with Crippen molar-refractivity contribution in [3.63, 3.8) is 0 Å². The van der Waals surface area contributed by atoms with E-state index in [1.807, 2.05) is 44.2 Å². The Hall–Kier alpha value is -1.63. The van der Waals surface area contributed by atoms with Gasteiger partial charge in [0.15, 0.2) is 0 Å². The molecule has 0 fully saturated rings. The molecule has 0 aliphatic carbocycles. The SMILES string of the molecule is Cc1ccc(S(=O)(=O)N(C)C(C)c2cc3ccccc3o2)cc1Br. The Morgan fingerprint density at radius 2 is 1.83 bits per heavy atom. The molecule has 4 nitrogen and oxygen atoms in total. The molecule has 0 saturated heterocycles. The van der Waals surface area contributed by atoms with Crippen molar-refractivity contribution in [1.29, 1.82) is 0 Å². The van der Waals surface area contributed by atoms with Crippen LogP contribution in [0, 0.1) is 6.92 Å². The van der Waals surface area contributed by atoms with Crippen molar-refractivity contribution in [2.75, 3.05) is 7.05 Å². The zero-order valence-corrected chi connectivity index (χ0v) is 16.1. The van der Waals surface area contributed by atoms with Gasteiger partial charge in [-0.05, 0) is 43.7 Å². The molecule has 0 bridgehead atoms. The molecule has 0 saturated carbocycles. The monoisotopic (exact) mass is 407 g/mol. The largest absolute Gasteiger partial charge is 0.459 e. The van der Waals surface area contributed by atoms with Crippen molar-refractivity contribution < 1.29 is 12.8 Å². The average molecular weight is 408 g/mol. The maximum Gasteiger partial charge on any atom is 0.243 e. The first kappa shape index (κ1) is 17.2. The van der Waals surface area contributed by atoms with Gasteiger partial charge in [0.05, 0.1) is 10.9 Å². The summed E-state index contributed by atoms with van der Waals surface area (Å²) in [4.78, 5) is 0.255. The van der Waals surface area contributed by atoms with E-state index in [0.29, 0.717) is 5.76 Å². The van der Waals surface area contributed by atoms with Gasteiger partial charge in [0, 0.05) is 16.9 Å². The van der Waals surface area contributed by atoms with Gasteiger partial charge in [-0.1, -0.05) is 40.2 Å². The van der Waals surface area contributed by atoms with Crippen LogP contribution in [0.5, 0.6) is 0 Å². The van der Waals surface area contributed by atoms with Crippen LogP contribution in [0.15, 0.2) is 62.3 Å². The fourth-order valence-electron chi connectivity index (χ4n) is 2.50. The zero-order valence-electron chi connectivity index (χ0n) is 13.7. The maximum absolute atomic E-state index is 12.9. The molecule has 3 aromatic rings. The van der Waals surface area contributed by atoms with E-state index in [9.17, 15) is 8.42 Å². The van der Waals surface area contributed by atoms with E-state index >= 15 is 0 Å². The second-order valence-corrected chi connectivity index (χ2v) is 8.65. The third-order valence-corrected chi connectivity index (χ3v) is 7.00. The molecule has 3 rings (SSSR count). The van der Waals surface area contributed by atoms with Crippen molar-refractivity contribution in [2.24, 2.45) is 0 Å². The lowest BCUT2D eigenvalue weighted by atomic mass is 10.2. The Labute approximate surface area is 150 Å². The molecule has 1 aromatic heterocycles. The molecule has 1 heterocycles. The molecular formula is C18H18BrNO3S. The Morgan fingerprint density at radius 1 is 1.12 bits per heavy atom. The van der Waals surface area contributed by atoms with Gasteiger partial charge in [0.1, 0.15) is 11.3 Å². The predicted octanol–water partition coefficient (Wildman–Crippen LogP) is 4.89. The van der Waals surface area contributed by atoms with E-state index in [1.54, 1.807) is 25.2 Å². The van der Waals surface area contributed by atoms with E-state index in [4.69, 9.17) is 4.42 Å². The molecule has 24 heavy (non-hydrogen) atoms. The number of rotatable bonds is 4. The van der Waals surface area contributed by atoms with Gasteiger partial charge < -0.3 is 4.42 Å². The van der Waals surface area contributed by atoms with Crippen molar-refractivity contribution in [3.05, 3.63) is 64.3 Å². The number of sulfonamides is 1. The Balaban J connectivity index is 1.96. The number of para-hydroxylation sites is 1. The maximum atomic E-state index is 12.9. The highest BCUT2D eigenvalue weighted by Gasteiger charge is 2.28. The van der Waals surface area contributed by atoms with Gasteiger partial charge >= 0.3 is 0 Å². The third kappa shape index (κ3) is 3.01. The minimum Gasteiger partial charge on any atom is -0.459 e. The van der Waals surface area contributed by atoms with Crippen LogP contribution in [0.25, 0.3) is 11.0 Å². The molecule has 126 valence electrons. The lowest BCUT2D eigenvalue weighted by molar-refractivity contribution is 0.348. The first-order valence-corrected chi connectivity index (χ1v) is 9.76. The standard InChI is InChI=1S/C18H18BrNO3S/c1-12-8-9-15(11-16(12)19)24(21,22)20(3)13(2)18-10-14-6-4-5-7-17(14)23-18/h4-11,13H,1-3H3. The average Bonchev–Trinajstić information content (AvgIpc) is 2.99. The molecule has 0 amide bonds. The summed E-state index contributed by atoms with van der Waals surface area (Å²) >= 11 is 3.39. The zero-order chi connectivity index (χ0) is 17.5. The first-order valence-electron chi connectivity index (χ1n) is 7.53. The number of nitrogens with zero attached hydrogens (tertiary/aromatic N) is 1. The topological polar surface area (TPSA) is 50.5 Å². The summed E-state index contributed by atoms with van der Waals surface area (Å²) in [5.41, 5.74) is 1.74. The summed E-state index contributed by atoms with van der Waals surface area (Å²) in [6, 6.07) is 14.2. The van der Waals surface area contributed by atoms with Gasteiger partial charge in [-0.15, -0.1) is 0 Å². The molecule has 1 unspecified atom stereocenters. The highest BCUT2D eigenvalue weighted by Crippen LogP contribution is 2.31. The van der Waals surface area contributed by atoms with Crippen LogP contribution in [-0.4, -0.2) is 19.8 Å². The van der Waals surface area contributed by atoms with Crippen LogP contribution in [0.4, 0.5) is 0 Å². The lowest BCUT2D eigenvalue weighted by Gasteiger charge is -2.23. The van der Waals surface area contributed by atoms with E-state index in [0.717, 1.165) is 21.0 Å². The van der Waals surface area contributed by atoms with E-state index in [1.165, 1.54) is 4.31 Å². The Bertz CT molecular complexity index is 961. The van der Waals surface area contributed by atoms with Crippen LogP contribution in [-0.2, 0) is 10.0 Å². The number of aryl methyl sites for hydroxylation is 1. The van der Waals surface area contributed by atoms with Crippen LogP contribution in [0.3, 0.4) is 0 Å². The van der Waals surface area contributed by atoms with Crippen LogP contribution < -0.4 is 0 Å². The molecule has 0 N–H and O–H groups in total. The fraction of sp³-hybridized carbons (Fsp3) is 0.222. The van der Waals surface area contributed by atoms with Crippen molar-refractivity contribution in [1.82, 2.24) is 4.31 Å². The normalized spacial score (nSPS) is 13.5. The molecule has 0 radical (unpaired) electrons. The second kappa shape index (κ2) is 6.35. The van der Waals surface area contributed by atoms with Crippen molar-refractivity contribution in [2.45, 2.75) is 24.8 Å². The summed E-state index contributed by atoms with van der Waals surface area (Å²) in [5, 5.41) is 0.961. The molecule has 0 aliphatic rings. The highest BCUT2D eigenvalue weighted by atomic mass is 79.9. The quantitative estimate of drug-likeness (QED) is 0.618. The molecular weight excluding hydrogens is 390 g/mol. The lowest BCUT2D eigenvalue weighted by Crippen LogP contribution is -2.29. The summed E-state index contributed by atoms with van der Waals surface area (Å²) in [5.74, 6) is 0.619. The number of halogens is 1. The number of benzene rings is 2. The second-order valence-electron chi connectivity index (χ2n) is 5.79. The van der Waals surface area contributed by atoms with Crippen LogP contribution >= 0.6 is 15.9 Å². The molecule has 2 aromatic carbocycles. The van der Waals surface area contributed by atoms with Crippen molar-refractivity contribution >= 4 is 36.9 Å². The summed E-state index contributed by atoms with van der Waals surface area (Å²) in [6.07, 6.45) is 0. The van der Waals surface area contributed by atoms with Gasteiger partial charge in [-0.3, -0.25) is 0 Å². The van der Waals surface area contributed by atoms with E-state index in [-0.39, 0.29) is 4.90 Å². The number of fused-ring (bicyclic) bond motifs is 1. The summed E-state index contributed by atoms with van der Waals surface area (Å²) in [7, 11) is -2.05. The minimum absolute atomic E-state index is 0.255. The van der Waals surface area contributed by atoms with E-state index in [2.05, 4.69) is 15.9 Å². The smallest absolute Gasteiger partial charge is 0.243 e. The molecule has 0 aliphatic heterocycles. The minimum atomic E-state index is -3.62. The first-order chi connectivity index (χ1) is 11.3. The molecule has 6 heteroatoms. The number of hydrogen-bond acceptors (Lipinski definition) is 3. The van der Waals surface area contributed by atoms with Gasteiger partial charge in [-0.25, -0.2) is 8.42 Å². The Morgan fingerprint density at radius 3 is 2.50 bits per heavy atom. The van der Waals surface area contributed by atoms with Crippen molar-refractivity contribution in [3.8, 4) is 0 Å². The number of furan rings is 1. The summed E-state index contributed by atoms with van der Waals surface area (Å²) < 4.78 is 33.7. The predicted molar refractivity (Wildman–Crippen MR) is 98.5 cm³/mol. The Kier molecular flexibility index (Phi) is 4.55. The highest BCUT2D eigenvalue weighted by molar-refractivity contribution is 9.10. The van der Waals surface area contributed by atoms with Gasteiger partial charge in [0.25, 0.3) is 0 Å². The fourth-order valence-corrected chi connectivity index (χ4v) is 4.39. The van der Waals surface area contributed by atoms with E-state index < -0.39 is 16.1 Å². The van der Waals surface area contributed by atoms with Crippen LogP contribution in [0.2, 0.25) is 0 Å². The summed E-state index contributed by atoms with van der Waals surface area (Å²) in [6.45, 7) is 3.74.